The lowest BCUT2D eigenvalue weighted by Gasteiger charge is -2.28. The maximum Gasteiger partial charge on any atom is 0.194 e. The van der Waals surface area contributed by atoms with Crippen LogP contribution >= 0.6 is 46.4 Å². The highest BCUT2D eigenvalue weighted by atomic mass is 35.6. The zero-order valence-electron chi connectivity index (χ0n) is 9.41. The van der Waals surface area contributed by atoms with Gasteiger partial charge in [0, 0.05) is 11.3 Å². The Bertz CT molecular complexity index is 153. The van der Waals surface area contributed by atoms with Crippen LogP contribution in [0.3, 0.4) is 0 Å². The van der Waals surface area contributed by atoms with Gasteiger partial charge in [-0.1, -0.05) is 74.3 Å². The SMILES string of the molecule is CCCCC(Cl)C(CCCC)C(Cl)(Cl)Cl. The molecule has 0 nitrogen and oxygen atoms in total. The first kappa shape index (κ1) is 16.2. The number of unbranched alkanes of at least 4 members (excludes halogenated alkanes) is 2. The molecular formula is C11H20Cl4. The summed E-state index contributed by atoms with van der Waals surface area (Å²) >= 11 is 24.2. The van der Waals surface area contributed by atoms with E-state index < -0.39 is 3.79 Å². The second kappa shape index (κ2) is 8.28. The fourth-order valence-electron chi connectivity index (χ4n) is 1.57. The van der Waals surface area contributed by atoms with Crippen molar-refractivity contribution >= 4 is 46.4 Å². The Morgan fingerprint density at radius 1 is 0.933 bits per heavy atom. The largest absolute Gasteiger partial charge is 0.194 e. The predicted molar refractivity (Wildman–Crippen MR) is 72.5 cm³/mol. The first-order valence-electron chi connectivity index (χ1n) is 5.64. The summed E-state index contributed by atoms with van der Waals surface area (Å²) in [5, 5.41) is -0.0241. The molecule has 92 valence electrons. The summed E-state index contributed by atoms with van der Waals surface area (Å²) < 4.78 is -1.23. The van der Waals surface area contributed by atoms with E-state index in [1.807, 2.05) is 0 Å². The summed E-state index contributed by atoms with van der Waals surface area (Å²) in [6, 6.07) is 0. The van der Waals surface area contributed by atoms with Gasteiger partial charge in [0.15, 0.2) is 3.79 Å². The Labute approximate surface area is 114 Å². The number of halogens is 4. The second-order valence-corrected chi connectivity index (χ2v) is 6.88. The summed E-state index contributed by atoms with van der Waals surface area (Å²) in [6.07, 6.45) is 6.22. The van der Waals surface area contributed by atoms with E-state index in [0.29, 0.717) is 0 Å². The highest BCUT2D eigenvalue weighted by molar-refractivity contribution is 6.67. The van der Waals surface area contributed by atoms with Crippen molar-refractivity contribution in [3.05, 3.63) is 0 Å². The van der Waals surface area contributed by atoms with E-state index >= 15 is 0 Å². The Morgan fingerprint density at radius 3 is 1.80 bits per heavy atom. The molecule has 0 rings (SSSR count). The van der Waals surface area contributed by atoms with Gasteiger partial charge in [-0.2, -0.15) is 0 Å². The van der Waals surface area contributed by atoms with Crippen LogP contribution in [0.15, 0.2) is 0 Å². The van der Waals surface area contributed by atoms with Gasteiger partial charge in [0.05, 0.1) is 0 Å². The molecule has 0 aromatic heterocycles. The molecule has 0 aromatic rings. The predicted octanol–water partition coefficient (Wildman–Crippen LogP) is 5.96. The van der Waals surface area contributed by atoms with Crippen LogP contribution in [0.4, 0.5) is 0 Å². The van der Waals surface area contributed by atoms with E-state index in [0.717, 1.165) is 38.5 Å². The van der Waals surface area contributed by atoms with Crippen LogP contribution in [0.2, 0.25) is 0 Å². The minimum atomic E-state index is -1.23. The van der Waals surface area contributed by atoms with Gasteiger partial charge in [0.1, 0.15) is 0 Å². The molecule has 0 amide bonds. The van der Waals surface area contributed by atoms with Crippen molar-refractivity contribution in [2.45, 2.75) is 61.5 Å². The molecule has 0 radical (unpaired) electrons. The molecule has 2 unspecified atom stereocenters. The maximum atomic E-state index is 6.29. The summed E-state index contributed by atoms with van der Waals surface area (Å²) in [4.78, 5) is 0. The zero-order chi connectivity index (χ0) is 11.9. The van der Waals surface area contributed by atoms with Gasteiger partial charge in [-0.05, 0) is 12.8 Å². The van der Waals surface area contributed by atoms with Gasteiger partial charge in [-0.3, -0.25) is 0 Å². The van der Waals surface area contributed by atoms with Crippen molar-refractivity contribution in [1.29, 1.82) is 0 Å². The van der Waals surface area contributed by atoms with Crippen LogP contribution in [0.5, 0.6) is 0 Å². The molecule has 0 aromatic carbocycles. The monoisotopic (exact) mass is 292 g/mol. The third-order valence-electron chi connectivity index (χ3n) is 2.56. The lowest BCUT2D eigenvalue weighted by molar-refractivity contribution is 0.428. The molecule has 0 heterocycles. The molecular weight excluding hydrogens is 274 g/mol. The molecule has 0 bridgehead atoms. The van der Waals surface area contributed by atoms with Gasteiger partial charge >= 0.3 is 0 Å². The molecule has 0 saturated carbocycles. The quantitative estimate of drug-likeness (QED) is 0.508. The summed E-state index contributed by atoms with van der Waals surface area (Å²) in [5.74, 6) is -0.0318. The molecule has 0 aliphatic heterocycles. The Balaban J connectivity index is 4.21. The second-order valence-electron chi connectivity index (χ2n) is 3.95. The molecule has 0 N–H and O–H groups in total. The van der Waals surface area contributed by atoms with E-state index in [2.05, 4.69) is 13.8 Å². The minimum absolute atomic E-state index is 0.0241. The number of hydrogen-bond acceptors (Lipinski definition) is 0. The van der Waals surface area contributed by atoms with Crippen LogP contribution in [0.1, 0.15) is 52.4 Å². The number of alkyl halides is 4. The summed E-state index contributed by atoms with van der Waals surface area (Å²) in [5.41, 5.74) is 0. The molecule has 2 atom stereocenters. The van der Waals surface area contributed by atoms with E-state index in [-0.39, 0.29) is 11.3 Å². The maximum absolute atomic E-state index is 6.29. The highest BCUT2D eigenvalue weighted by Gasteiger charge is 2.36. The van der Waals surface area contributed by atoms with Crippen molar-refractivity contribution in [3.8, 4) is 0 Å². The average Bonchev–Trinajstić information content (AvgIpc) is 2.13. The standard InChI is InChI=1S/C11H20Cl4/c1-3-5-7-9(11(13,14)15)10(12)8-6-4-2/h9-10H,3-8H2,1-2H3. The Hall–Kier alpha value is 1.16. The first-order valence-corrected chi connectivity index (χ1v) is 7.21. The van der Waals surface area contributed by atoms with Gasteiger partial charge in [0.2, 0.25) is 0 Å². The lowest BCUT2D eigenvalue weighted by Crippen LogP contribution is -2.28. The first-order chi connectivity index (χ1) is 6.93. The topological polar surface area (TPSA) is 0 Å². The van der Waals surface area contributed by atoms with Crippen LogP contribution in [0.25, 0.3) is 0 Å². The van der Waals surface area contributed by atoms with Gasteiger partial charge in [-0.25, -0.2) is 0 Å². The van der Waals surface area contributed by atoms with Crippen molar-refractivity contribution in [2.24, 2.45) is 5.92 Å². The molecule has 0 aliphatic carbocycles. The molecule has 0 aliphatic rings. The number of hydrogen-bond donors (Lipinski definition) is 0. The zero-order valence-corrected chi connectivity index (χ0v) is 12.4. The summed E-state index contributed by atoms with van der Waals surface area (Å²) in [6.45, 7) is 4.27. The fourth-order valence-corrected chi connectivity index (χ4v) is 3.02. The fraction of sp³-hybridized carbons (Fsp3) is 1.00. The van der Waals surface area contributed by atoms with Crippen LogP contribution in [-0.4, -0.2) is 9.17 Å². The smallest absolute Gasteiger partial charge is 0.123 e. The minimum Gasteiger partial charge on any atom is -0.123 e. The average molecular weight is 294 g/mol. The van der Waals surface area contributed by atoms with Gasteiger partial charge in [0.25, 0.3) is 0 Å². The van der Waals surface area contributed by atoms with Crippen molar-refractivity contribution in [3.63, 3.8) is 0 Å². The molecule has 0 fully saturated rings. The number of rotatable bonds is 7. The molecule has 4 heteroatoms. The normalized spacial score (nSPS) is 16.4. The lowest BCUT2D eigenvalue weighted by atomic mass is 9.96. The van der Waals surface area contributed by atoms with Crippen molar-refractivity contribution in [1.82, 2.24) is 0 Å². The van der Waals surface area contributed by atoms with E-state index in [1.165, 1.54) is 0 Å². The Kier molecular flexibility index (Phi) is 8.92. The van der Waals surface area contributed by atoms with Gasteiger partial charge in [-0.15, -0.1) is 11.6 Å². The van der Waals surface area contributed by atoms with Crippen molar-refractivity contribution in [2.75, 3.05) is 0 Å². The van der Waals surface area contributed by atoms with Crippen LogP contribution in [-0.2, 0) is 0 Å². The van der Waals surface area contributed by atoms with E-state index in [4.69, 9.17) is 46.4 Å². The van der Waals surface area contributed by atoms with Crippen LogP contribution < -0.4 is 0 Å². The molecule has 0 saturated heterocycles. The summed E-state index contributed by atoms with van der Waals surface area (Å²) in [7, 11) is 0. The highest BCUT2D eigenvalue weighted by Crippen LogP contribution is 2.42. The van der Waals surface area contributed by atoms with Gasteiger partial charge < -0.3 is 0 Å². The van der Waals surface area contributed by atoms with Crippen molar-refractivity contribution < 1.29 is 0 Å². The molecule has 15 heavy (non-hydrogen) atoms. The third-order valence-corrected chi connectivity index (χ3v) is 3.92. The van der Waals surface area contributed by atoms with E-state index in [9.17, 15) is 0 Å². The van der Waals surface area contributed by atoms with Crippen LogP contribution in [0, 0.1) is 5.92 Å². The Morgan fingerprint density at radius 2 is 1.40 bits per heavy atom. The third kappa shape index (κ3) is 7.15. The molecule has 0 spiro atoms. The van der Waals surface area contributed by atoms with E-state index in [1.54, 1.807) is 0 Å².